The number of halogens is 3. The van der Waals surface area contributed by atoms with Gasteiger partial charge in [-0.15, -0.1) is 0 Å². The molecule has 1 aliphatic heterocycles. The first-order valence-electron chi connectivity index (χ1n) is 9.30. The lowest BCUT2D eigenvalue weighted by atomic mass is 10.1. The summed E-state index contributed by atoms with van der Waals surface area (Å²) in [4.78, 5) is 50.1. The number of nitrogens with one attached hydrogen (secondary N) is 2. The van der Waals surface area contributed by atoms with Gasteiger partial charge in [0.05, 0.1) is 26.9 Å². The van der Waals surface area contributed by atoms with E-state index in [0.29, 0.717) is 0 Å². The van der Waals surface area contributed by atoms with Crippen molar-refractivity contribution in [1.29, 1.82) is 0 Å². The summed E-state index contributed by atoms with van der Waals surface area (Å²) < 4.78 is 19.1. The van der Waals surface area contributed by atoms with E-state index in [0.717, 1.165) is 11.0 Å². The Morgan fingerprint density at radius 3 is 2.09 bits per heavy atom. The molecular weight excluding hydrogens is 464 g/mol. The predicted octanol–water partition coefficient (Wildman–Crippen LogP) is 4.71. The molecule has 0 atom stereocenters. The third-order valence-corrected chi connectivity index (χ3v) is 4.92. The summed E-state index contributed by atoms with van der Waals surface area (Å²) >= 11 is 11.8. The minimum atomic E-state index is -0.872. The Morgan fingerprint density at radius 1 is 1.00 bits per heavy atom. The van der Waals surface area contributed by atoms with E-state index in [1.165, 1.54) is 24.3 Å². The minimum absolute atomic E-state index is 0.0443. The van der Waals surface area contributed by atoms with Crippen LogP contribution in [0.25, 0.3) is 0 Å². The molecule has 0 aliphatic carbocycles. The highest BCUT2D eigenvalue weighted by Gasteiger charge is 2.37. The second kappa shape index (κ2) is 8.76. The third-order valence-electron chi connectivity index (χ3n) is 4.20. The smallest absolute Gasteiger partial charge is 0.412 e. The number of carbonyl (C=O) groups excluding carboxylic acids is 4. The lowest BCUT2D eigenvalue weighted by Crippen LogP contribution is -2.37. The Kier molecular flexibility index (Phi) is 6.43. The summed E-state index contributed by atoms with van der Waals surface area (Å²) in [6, 6.07) is 6.01. The summed E-state index contributed by atoms with van der Waals surface area (Å²) in [5.41, 5.74) is -0.786. The zero-order chi connectivity index (χ0) is 23.8. The fourth-order valence-electron chi connectivity index (χ4n) is 2.88. The molecule has 2 aromatic rings. The van der Waals surface area contributed by atoms with Crippen molar-refractivity contribution < 1.29 is 28.3 Å². The van der Waals surface area contributed by atoms with Gasteiger partial charge in [0.1, 0.15) is 18.0 Å². The predicted molar refractivity (Wildman–Crippen MR) is 117 cm³/mol. The number of imide groups is 1. The molecule has 0 bridgehead atoms. The van der Waals surface area contributed by atoms with Crippen LogP contribution in [-0.2, 0) is 9.53 Å². The van der Waals surface area contributed by atoms with Crippen LogP contribution in [0, 0.1) is 5.82 Å². The van der Waals surface area contributed by atoms with Crippen LogP contribution in [0.15, 0.2) is 30.3 Å². The van der Waals surface area contributed by atoms with E-state index in [1.807, 2.05) is 0 Å². The van der Waals surface area contributed by atoms with Gasteiger partial charge in [-0.1, -0.05) is 23.2 Å². The molecule has 4 amide bonds. The molecule has 1 aliphatic rings. The monoisotopic (exact) mass is 481 g/mol. The summed E-state index contributed by atoms with van der Waals surface area (Å²) in [6.45, 7) is 4.37. The van der Waals surface area contributed by atoms with Gasteiger partial charge in [0.25, 0.3) is 11.8 Å². The molecule has 0 saturated heterocycles. The first-order valence-corrected chi connectivity index (χ1v) is 10.1. The second-order valence-electron chi connectivity index (χ2n) is 7.88. The zero-order valence-corrected chi connectivity index (χ0v) is 18.7. The number of amides is 4. The van der Waals surface area contributed by atoms with Gasteiger partial charge in [-0.3, -0.25) is 24.6 Å². The summed E-state index contributed by atoms with van der Waals surface area (Å²) in [5.74, 6) is -2.84. The van der Waals surface area contributed by atoms with Crippen LogP contribution in [0.4, 0.5) is 20.6 Å². The van der Waals surface area contributed by atoms with Crippen LogP contribution in [-0.4, -0.2) is 40.9 Å². The average molecular weight is 482 g/mol. The van der Waals surface area contributed by atoms with Crippen LogP contribution in [0.5, 0.6) is 0 Å². The molecule has 11 heteroatoms. The minimum Gasteiger partial charge on any atom is -0.444 e. The number of carbonyl (C=O) groups is 4. The van der Waals surface area contributed by atoms with Gasteiger partial charge in [-0.25, -0.2) is 9.18 Å². The van der Waals surface area contributed by atoms with E-state index in [-0.39, 0.29) is 32.5 Å². The first-order chi connectivity index (χ1) is 14.9. The highest BCUT2D eigenvalue weighted by Crippen LogP contribution is 2.31. The maximum atomic E-state index is 14.0. The Hall–Kier alpha value is -3.17. The molecule has 0 saturated carbocycles. The maximum Gasteiger partial charge on any atom is 0.412 e. The van der Waals surface area contributed by atoms with Crippen molar-refractivity contribution in [2.75, 3.05) is 17.2 Å². The van der Waals surface area contributed by atoms with Gasteiger partial charge in [-0.05, 0) is 51.1 Å². The van der Waals surface area contributed by atoms with Crippen molar-refractivity contribution in [2.24, 2.45) is 0 Å². The van der Waals surface area contributed by atoms with Gasteiger partial charge in [0.15, 0.2) is 0 Å². The molecule has 0 radical (unpaired) electrons. The zero-order valence-electron chi connectivity index (χ0n) is 17.2. The topological polar surface area (TPSA) is 105 Å². The van der Waals surface area contributed by atoms with Crippen LogP contribution in [0.2, 0.25) is 10.0 Å². The Morgan fingerprint density at radius 2 is 1.56 bits per heavy atom. The van der Waals surface area contributed by atoms with Crippen molar-refractivity contribution in [1.82, 2.24) is 4.90 Å². The lowest BCUT2D eigenvalue weighted by molar-refractivity contribution is -0.116. The van der Waals surface area contributed by atoms with Crippen LogP contribution in [0.1, 0.15) is 41.5 Å². The molecule has 3 rings (SSSR count). The number of anilines is 2. The van der Waals surface area contributed by atoms with Crippen molar-refractivity contribution in [3.05, 3.63) is 57.3 Å². The molecule has 1 heterocycles. The number of hydrogen-bond acceptors (Lipinski definition) is 5. The highest BCUT2D eigenvalue weighted by atomic mass is 35.5. The number of benzene rings is 2. The van der Waals surface area contributed by atoms with Crippen molar-refractivity contribution in [3.63, 3.8) is 0 Å². The highest BCUT2D eigenvalue weighted by molar-refractivity contribution is 6.43. The lowest BCUT2D eigenvalue weighted by Gasteiger charge is -2.20. The molecule has 8 nitrogen and oxygen atoms in total. The van der Waals surface area contributed by atoms with Gasteiger partial charge in [0.2, 0.25) is 5.91 Å². The molecule has 2 aromatic carbocycles. The summed E-state index contributed by atoms with van der Waals surface area (Å²) in [6.07, 6.45) is -0.872. The van der Waals surface area contributed by atoms with E-state index in [2.05, 4.69) is 10.6 Å². The fraction of sp³-hybridized carbons (Fsp3) is 0.238. The van der Waals surface area contributed by atoms with Crippen molar-refractivity contribution >= 4 is 58.4 Å². The molecule has 0 spiro atoms. The second-order valence-corrected chi connectivity index (χ2v) is 8.69. The van der Waals surface area contributed by atoms with Gasteiger partial charge in [0, 0.05) is 5.69 Å². The normalized spacial score (nSPS) is 13.1. The quantitative estimate of drug-likeness (QED) is 0.614. The number of fused-ring (bicyclic) bond motifs is 1. The van der Waals surface area contributed by atoms with E-state index in [4.69, 9.17) is 27.9 Å². The van der Waals surface area contributed by atoms with Crippen molar-refractivity contribution in [2.45, 2.75) is 26.4 Å². The molecule has 168 valence electrons. The van der Waals surface area contributed by atoms with E-state index < -0.39 is 41.8 Å². The molecule has 0 fully saturated rings. The molecule has 0 aromatic heterocycles. The van der Waals surface area contributed by atoms with Gasteiger partial charge in [-0.2, -0.15) is 0 Å². The summed E-state index contributed by atoms with van der Waals surface area (Å²) in [5, 5.41) is 4.92. The third kappa shape index (κ3) is 5.17. The maximum absolute atomic E-state index is 14.0. The van der Waals surface area contributed by atoms with E-state index in [1.54, 1.807) is 20.8 Å². The number of rotatable bonds is 4. The molecule has 2 N–H and O–H groups in total. The Bertz CT molecular complexity index is 1110. The van der Waals surface area contributed by atoms with E-state index in [9.17, 15) is 23.6 Å². The average Bonchev–Trinajstić information content (AvgIpc) is 2.88. The molecule has 32 heavy (non-hydrogen) atoms. The van der Waals surface area contributed by atoms with Gasteiger partial charge >= 0.3 is 6.09 Å². The number of nitrogens with zero attached hydrogens (tertiary/aromatic N) is 1. The van der Waals surface area contributed by atoms with Crippen LogP contribution >= 0.6 is 23.2 Å². The number of ether oxygens (including phenoxy) is 1. The largest absolute Gasteiger partial charge is 0.444 e. The van der Waals surface area contributed by atoms with Crippen LogP contribution < -0.4 is 10.6 Å². The molecule has 0 unspecified atom stereocenters. The van der Waals surface area contributed by atoms with Crippen molar-refractivity contribution in [3.8, 4) is 0 Å². The number of hydrogen-bond donors (Lipinski definition) is 2. The SMILES string of the molecule is CC(C)(C)OC(=O)Nc1cc(NC(=O)CN2C(=O)c3cc(Cl)c(Cl)cc3C2=O)ccc1F. The van der Waals surface area contributed by atoms with Gasteiger partial charge < -0.3 is 10.1 Å². The first kappa shape index (κ1) is 23.5. The summed E-state index contributed by atoms with van der Waals surface area (Å²) in [7, 11) is 0. The Labute approximate surface area is 192 Å². The molecular formula is C21H18Cl2FN3O5. The Balaban J connectivity index is 1.70. The van der Waals surface area contributed by atoms with Crippen LogP contribution in [0.3, 0.4) is 0 Å². The fourth-order valence-corrected chi connectivity index (χ4v) is 3.21. The van der Waals surface area contributed by atoms with E-state index >= 15 is 0 Å². The standard InChI is InChI=1S/C21H18Cl2FN3O5/c1-21(2,3)32-20(31)26-16-6-10(4-5-15(16)24)25-17(28)9-27-18(29)11-7-13(22)14(23)8-12(11)19(27)30/h4-8H,9H2,1-3H3,(H,25,28)(H,26,31).